The monoisotopic (exact) mass is 528 g/mol. The van der Waals surface area contributed by atoms with Gasteiger partial charge in [0.1, 0.15) is 28.9 Å². The first-order valence-corrected chi connectivity index (χ1v) is 12.4. The molecule has 0 saturated heterocycles. The van der Waals surface area contributed by atoms with Crippen molar-refractivity contribution in [3.63, 3.8) is 0 Å². The van der Waals surface area contributed by atoms with Crippen molar-refractivity contribution >= 4 is 23.4 Å². The number of carbonyl (C=O) groups excluding carboxylic acids is 1. The molecule has 0 aliphatic carbocycles. The number of nitrogens with zero attached hydrogens (tertiary/aromatic N) is 2. The number of hydrogen-bond acceptors (Lipinski definition) is 8. The van der Waals surface area contributed by atoms with Gasteiger partial charge in [0.25, 0.3) is 11.5 Å². The molecule has 0 aliphatic heterocycles. The fraction of sp³-hybridized carbons (Fsp3) is 0.143. The number of nitrogens with one attached hydrogen (secondary N) is 2. The van der Waals surface area contributed by atoms with E-state index in [9.17, 15) is 14.9 Å². The lowest BCUT2D eigenvalue weighted by Crippen LogP contribution is -2.15. The Kier molecular flexibility index (Phi) is 8.30. The highest BCUT2D eigenvalue weighted by molar-refractivity contribution is 7.98. The minimum atomic E-state index is -0.516. The summed E-state index contributed by atoms with van der Waals surface area (Å²) in [5.41, 5.74) is 2.17. The van der Waals surface area contributed by atoms with E-state index in [-0.39, 0.29) is 17.2 Å². The van der Waals surface area contributed by atoms with E-state index in [0.29, 0.717) is 45.0 Å². The molecule has 2 N–H and O–H groups in total. The maximum Gasteiger partial charge on any atom is 0.270 e. The van der Waals surface area contributed by atoms with Crippen LogP contribution in [0.1, 0.15) is 21.5 Å². The Balaban J connectivity index is 1.52. The summed E-state index contributed by atoms with van der Waals surface area (Å²) in [5, 5.41) is 12.8. The van der Waals surface area contributed by atoms with Crippen LogP contribution in [-0.2, 0) is 5.75 Å². The first kappa shape index (κ1) is 26.3. The number of carbonyl (C=O) groups is 1. The number of amides is 1. The Morgan fingerprint density at radius 2 is 1.76 bits per heavy atom. The van der Waals surface area contributed by atoms with E-state index in [2.05, 4.69) is 15.3 Å². The van der Waals surface area contributed by atoms with Crippen LogP contribution in [0.25, 0.3) is 11.3 Å². The van der Waals surface area contributed by atoms with E-state index in [0.717, 1.165) is 5.56 Å². The van der Waals surface area contributed by atoms with Crippen LogP contribution in [0.4, 0.5) is 5.69 Å². The molecule has 1 heterocycles. The molecule has 4 rings (SSSR count). The largest absolute Gasteiger partial charge is 0.497 e. The summed E-state index contributed by atoms with van der Waals surface area (Å²) in [6.07, 6.45) is 0. The molecule has 9 nitrogen and oxygen atoms in total. The van der Waals surface area contributed by atoms with Gasteiger partial charge in [0.05, 0.1) is 32.6 Å². The quantitative estimate of drug-likeness (QED) is 0.233. The molecule has 10 heteroatoms. The fourth-order valence-electron chi connectivity index (χ4n) is 3.68. The molecule has 192 valence electrons. The molecular formula is C28H24N4O5S. The topological polar surface area (TPSA) is 126 Å². The zero-order chi connectivity index (χ0) is 27.1. The lowest BCUT2D eigenvalue weighted by atomic mass is 10.1. The van der Waals surface area contributed by atoms with Crippen molar-refractivity contribution in [3.05, 3.63) is 93.8 Å². The van der Waals surface area contributed by atoms with Crippen LogP contribution in [0, 0.1) is 11.3 Å². The van der Waals surface area contributed by atoms with Crippen LogP contribution >= 0.6 is 11.8 Å². The third-order valence-electron chi connectivity index (χ3n) is 5.57. The highest BCUT2D eigenvalue weighted by atomic mass is 32.2. The average molecular weight is 529 g/mol. The van der Waals surface area contributed by atoms with Crippen molar-refractivity contribution in [2.45, 2.75) is 10.9 Å². The van der Waals surface area contributed by atoms with Gasteiger partial charge >= 0.3 is 0 Å². The van der Waals surface area contributed by atoms with Gasteiger partial charge in [0.15, 0.2) is 5.16 Å². The number of H-pyrrole nitrogens is 1. The van der Waals surface area contributed by atoms with Crippen molar-refractivity contribution in [1.82, 2.24) is 9.97 Å². The third kappa shape index (κ3) is 5.96. The third-order valence-corrected chi connectivity index (χ3v) is 6.51. The molecule has 1 aromatic heterocycles. The highest BCUT2D eigenvalue weighted by Crippen LogP contribution is 2.28. The first-order valence-electron chi connectivity index (χ1n) is 11.4. The number of anilines is 1. The summed E-state index contributed by atoms with van der Waals surface area (Å²) >= 11 is 1.31. The van der Waals surface area contributed by atoms with Gasteiger partial charge in [-0.1, -0.05) is 36.0 Å². The Bertz CT molecular complexity index is 1580. The summed E-state index contributed by atoms with van der Waals surface area (Å²) in [7, 11) is 4.58. The van der Waals surface area contributed by atoms with Gasteiger partial charge in [-0.3, -0.25) is 9.59 Å². The van der Waals surface area contributed by atoms with Gasteiger partial charge < -0.3 is 24.5 Å². The molecule has 38 heavy (non-hydrogen) atoms. The van der Waals surface area contributed by atoms with Gasteiger partial charge in [-0.15, -0.1) is 0 Å². The minimum absolute atomic E-state index is 0.0683. The van der Waals surface area contributed by atoms with Crippen LogP contribution in [-0.4, -0.2) is 37.2 Å². The number of ether oxygens (including phenoxy) is 3. The molecule has 0 atom stereocenters. The zero-order valence-corrected chi connectivity index (χ0v) is 21.7. The van der Waals surface area contributed by atoms with Crippen molar-refractivity contribution in [3.8, 4) is 34.6 Å². The Hall–Kier alpha value is -4.75. The standard InChI is InChI=1S/C28H24N4O5S/c1-35-20-9-5-7-18(13-20)25-23(15-29)27(34)32-28(31-25)38-16-17-6-4-8-19(12-17)30-26(33)22-11-10-21(36-2)14-24(22)37-3/h4-14H,16H2,1-3H3,(H,30,33)(H,31,32,34). The Morgan fingerprint density at radius 1 is 1.00 bits per heavy atom. The molecule has 0 fully saturated rings. The van der Waals surface area contributed by atoms with Gasteiger partial charge in [-0.05, 0) is 42.0 Å². The molecule has 3 aromatic carbocycles. The summed E-state index contributed by atoms with van der Waals surface area (Å²) in [5.74, 6) is 1.71. The number of thioether (sulfide) groups is 1. The summed E-state index contributed by atoms with van der Waals surface area (Å²) < 4.78 is 15.8. The second-order valence-electron chi connectivity index (χ2n) is 7.95. The number of hydrogen-bond donors (Lipinski definition) is 2. The smallest absolute Gasteiger partial charge is 0.270 e. The number of methoxy groups -OCH3 is 3. The van der Waals surface area contributed by atoms with Crippen molar-refractivity contribution in [2.75, 3.05) is 26.6 Å². The number of rotatable bonds is 9. The number of aromatic nitrogens is 2. The van der Waals surface area contributed by atoms with Crippen LogP contribution in [0.15, 0.2) is 76.7 Å². The lowest BCUT2D eigenvalue weighted by molar-refractivity contribution is 0.102. The predicted molar refractivity (Wildman–Crippen MR) is 145 cm³/mol. The molecule has 4 aromatic rings. The minimum Gasteiger partial charge on any atom is -0.497 e. The van der Waals surface area contributed by atoms with Gasteiger partial charge in [-0.25, -0.2) is 4.98 Å². The maximum atomic E-state index is 12.9. The molecule has 0 aliphatic rings. The van der Waals surface area contributed by atoms with E-state index < -0.39 is 5.56 Å². The molecule has 0 bridgehead atoms. The van der Waals surface area contributed by atoms with E-state index in [1.165, 1.54) is 18.9 Å². The van der Waals surface area contributed by atoms with Gasteiger partial charge in [0.2, 0.25) is 0 Å². The van der Waals surface area contributed by atoms with Crippen molar-refractivity contribution in [2.24, 2.45) is 0 Å². The Labute approximate surface area is 223 Å². The normalized spacial score (nSPS) is 10.4. The molecule has 0 radical (unpaired) electrons. The highest BCUT2D eigenvalue weighted by Gasteiger charge is 2.16. The SMILES string of the molecule is COc1cccc(-c2nc(SCc3cccc(NC(=O)c4ccc(OC)cc4OC)c3)[nH]c(=O)c2C#N)c1. The van der Waals surface area contributed by atoms with Gasteiger partial charge in [-0.2, -0.15) is 5.26 Å². The van der Waals surface area contributed by atoms with Crippen LogP contribution in [0.3, 0.4) is 0 Å². The molecule has 1 amide bonds. The van der Waals surface area contributed by atoms with Crippen LogP contribution in [0.5, 0.6) is 17.2 Å². The van der Waals surface area contributed by atoms with E-state index >= 15 is 0 Å². The van der Waals surface area contributed by atoms with Gasteiger partial charge in [0, 0.05) is 23.1 Å². The summed E-state index contributed by atoms with van der Waals surface area (Å²) in [4.78, 5) is 32.7. The molecule has 0 spiro atoms. The average Bonchev–Trinajstić information content (AvgIpc) is 2.95. The number of nitriles is 1. The van der Waals surface area contributed by atoms with E-state index in [1.807, 2.05) is 24.3 Å². The molecular weight excluding hydrogens is 504 g/mol. The summed E-state index contributed by atoms with van der Waals surface area (Å²) in [6.45, 7) is 0. The van der Waals surface area contributed by atoms with Crippen LogP contribution < -0.4 is 25.1 Å². The zero-order valence-electron chi connectivity index (χ0n) is 20.9. The predicted octanol–water partition coefficient (Wildman–Crippen LogP) is 4.88. The van der Waals surface area contributed by atoms with E-state index in [1.54, 1.807) is 62.8 Å². The van der Waals surface area contributed by atoms with E-state index in [4.69, 9.17) is 14.2 Å². The van der Waals surface area contributed by atoms with Crippen LogP contribution in [0.2, 0.25) is 0 Å². The number of aromatic amines is 1. The first-order chi connectivity index (χ1) is 18.4. The maximum absolute atomic E-state index is 12.9. The Morgan fingerprint density at radius 3 is 2.50 bits per heavy atom. The van der Waals surface area contributed by atoms with Crippen molar-refractivity contribution < 1.29 is 19.0 Å². The molecule has 0 saturated carbocycles. The second-order valence-corrected chi connectivity index (χ2v) is 8.91. The lowest BCUT2D eigenvalue weighted by Gasteiger charge is -2.12. The summed E-state index contributed by atoms with van der Waals surface area (Å²) in [6, 6.07) is 21.3. The number of benzene rings is 3. The molecule has 0 unspecified atom stereocenters. The van der Waals surface area contributed by atoms with Crippen molar-refractivity contribution in [1.29, 1.82) is 5.26 Å². The second kappa shape index (κ2) is 12.0. The fourth-order valence-corrected chi connectivity index (χ4v) is 4.48.